The Morgan fingerprint density at radius 3 is 1.94 bits per heavy atom. The highest BCUT2D eigenvalue weighted by molar-refractivity contribution is 5.91. The van der Waals surface area contributed by atoms with E-state index in [1.54, 1.807) is 30.3 Å². The molecule has 35 heavy (non-hydrogen) atoms. The number of furan rings is 1. The van der Waals surface area contributed by atoms with Gasteiger partial charge in [-0.25, -0.2) is 9.59 Å². The molecular weight excluding hydrogens is 446 g/mol. The normalized spacial score (nSPS) is 10.4. The largest absolute Gasteiger partial charge is 0.494 e. The molecule has 0 amide bonds. The third-order valence-corrected chi connectivity index (χ3v) is 5.27. The summed E-state index contributed by atoms with van der Waals surface area (Å²) in [5.74, 6) is 0.0207. The van der Waals surface area contributed by atoms with E-state index in [4.69, 9.17) is 23.9 Å². The molecule has 182 valence electrons. The quantitative estimate of drug-likeness (QED) is 0.154. The second kappa shape index (κ2) is 13.6. The van der Waals surface area contributed by atoms with Crippen LogP contribution < -0.4 is 14.2 Å². The number of unbranched alkanes of at least 4 members (excludes halogenated alkanes) is 6. The summed E-state index contributed by atoms with van der Waals surface area (Å²) in [6.45, 7) is 2.89. The summed E-state index contributed by atoms with van der Waals surface area (Å²) in [6.07, 6.45) is 8.61. The Balaban J connectivity index is 1.41. The van der Waals surface area contributed by atoms with Crippen molar-refractivity contribution in [1.29, 1.82) is 5.26 Å². The Labute approximate surface area is 205 Å². The molecule has 0 N–H and O–H groups in total. The van der Waals surface area contributed by atoms with E-state index in [2.05, 4.69) is 6.92 Å². The number of carbonyl (C=O) groups is 2. The lowest BCUT2D eigenvalue weighted by molar-refractivity contribution is 0.0700. The van der Waals surface area contributed by atoms with Crippen LogP contribution in [0.5, 0.6) is 17.2 Å². The zero-order valence-corrected chi connectivity index (χ0v) is 19.8. The van der Waals surface area contributed by atoms with Gasteiger partial charge in [-0.2, -0.15) is 5.26 Å². The van der Waals surface area contributed by atoms with Crippen molar-refractivity contribution in [3.05, 3.63) is 77.7 Å². The van der Waals surface area contributed by atoms with E-state index in [1.807, 2.05) is 0 Å². The maximum atomic E-state index is 12.4. The molecule has 2 aromatic carbocycles. The number of hydrogen-bond acceptors (Lipinski definition) is 7. The number of rotatable bonds is 13. The van der Waals surface area contributed by atoms with E-state index < -0.39 is 11.9 Å². The predicted octanol–water partition coefficient (Wildman–Crippen LogP) is 6.72. The number of esters is 2. The summed E-state index contributed by atoms with van der Waals surface area (Å²) in [5.41, 5.74) is 0.300. The smallest absolute Gasteiger partial charge is 0.379 e. The predicted molar refractivity (Wildman–Crippen MR) is 130 cm³/mol. The second-order valence-corrected chi connectivity index (χ2v) is 8.02. The van der Waals surface area contributed by atoms with E-state index in [0.29, 0.717) is 17.9 Å². The molecule has 0 aliphatic rings. The van der Waals surface area contributed by atoms with Gasteiger partial charge in [0.25, 0.3) is 0 Å². The van der Waals surface area contributed by atoms with Gasteiger partial charge in [-0.15, -0.1) is 0 Å². The van der Waals surface area contributed by atoms with Crippen LogP contribution in [0.4, 0.5) is 0 Å². The van der Waals surface area contributed by atoms with Crippen LogP contribution in [0.1, 0.15) is 78.5 Å². The maximum absolute atomic E-state index is 12.4. The Kier molecular flexibility index (Phi) is 9.94. The summed E-state index contributed by atoms with van der Waals surface area (Å²) < 4.78 is 21.4. The average molecular weight is 476 g/mol. The molecule has 7 nitrogen and oxygen atoms in total. The fraction of sp³-hybridized carbons (Fsp3) is 0.321. The van der Waals surface area contributed by atoms with E-state index in [1.165, 1.54) is 74.9 Å². The van der Waals surface area contributed by atoms with Gasteiger partial charge in [0.05, 0.1) is 12.2 Å². The van der Waals surface area contributed by atoms with Crippen molar-refractivity contribution < 1.29 is 28.2 Å². The fourth-order valence-corrected chi connectivity index (χ4v) is 3.34. The standard InChI is InChI=1S/C28H29NO6/c1-2-3-4-5-6-7-8-19-32-22-13-15-24(16-14-22)34-27(30)21-9-11-23(12-10-21)35-28(31)26-18-17-25(20-29)33-26/h9-18H,2-8,19H2,1H3. The Morgan fingerprint density at radius 2 is 1.31 bits per heavy atom. The average Bonchev–Trinajstić information content (AvgIpc) is 3.37. The number of nitriles is 1. The third-order valence-electron chi connectivity index (χ3n) is 5.27. The first-order valence-corrected chi connectivity index (χ1v) is 11.9. The van der Waals surface area contributed by atoms with Crippen LogP contribution in [-0.4, -0.2) is 18.5 Å². The summed E-state index contributed by atoms with van der Waals surface area (Å²) in [6, 6.07) is 17.4. The summed E-state index contributed by atoms with van der Waals surface area (Å²) in [5, 5.41) is 8.76. The number of benzene rings is 2. The Bertz CT molecular complexity index is 1130. The molecule has 0 spiro atoms. The maximum Gasteiger partial charge on any atom is 0.379 e. The summed E-state index contributed by atoms with van der Waals surface area (Å²) in [4.78, 5) is 24.5. The molecule has 0 atom stereocenters. The second-order valence-electron chi connectivity index (χ2n) is 8.02. The molecular formula is C28H29NO6. The van der Waals surface area contributed by atoms with Gasteiger partial charge in [-0.05, 0) is 67.1 Å². The van der Waals surface area contributed by atoms with Crippen molar-refractivity contribution >= 4 is 11.9 Å². The van der Waals surface area contributed by atoms with Gasteiger partial charge in [-0.1, -0.05) is 45.4 Å². The molecule has 0 aliphatic heterocycles. The minimum atomic E-state index is -0.740. The number of nitrogens with zero attached hydrogens (tertiary/aromatic N) is 1. The van der Waals surface area contributed by atoms with Gasteiger partial charge in [0.1, 0.15) is 23.3 Å². The van der Waals surface area contributed by atoms with Crippen molar-refractivity contribution in [2.24, 2.45) is 0 Å². The van der Waals surface area contributed by atoms with Crippen LogP contribution in [0.3, 0.4) is 0 Å². The molecule has 3 aromatic rings. The molecule has 3 rings (SSSR count). The lowest BCUT2D eigenvalue weighted by Gasteiger charge is -2.08. The topological polar surface area (TPSA) is 98.8 Å². The molecule has 0 radical (unpaired) electrons. The van der Waals surface area contributed by atoms with Crippen molar-refractivity contribution in [1.82, 2.24) is 0 Å². The van der Waals surface area contributed by atoms with Crippen LogP contribution in [0.25, 0.3) is 0 Å². The Morgan fingerprint density at radius 1 is 0.743 bits per heavy atom. The van der Waals surface area contributed by atoms with Crippen molar-refractivity contribution in [3.63, 3.8) is 0 Å². The molecule has 1 aromatic heterocycles. The van der Waals surface area contributed by atoms with Crippen LogP contribution in [0, 0.1) is 11.3 Å². The van der Waals surface area contributed by atoms with Crippen molar-refractivity contribution in [3.8, 4) is 23.3 Å². The van der Waals surface area contributed by atoms with Crippen molar-refractivity contribution in [2.75, 3.05) is 6.61 Å². The van der Waals surface area contributed by atoms with Crippen LogP contribution in [0.15, 0.2) is 65.1 Å². The molecule has 0 saturated carbocycles. The highest BCUT2D eigenvalue weighted by Crippen LogP contribution is 2.21. The minimum Gasteiger partial charge on any atom is -0.494 e. The first-order chi connectivity index (χ1) is 17.1. The first kappa shape index (κ1) is 25.6. The van der Waals surface area contributed by atoms with Gasteiger partial charge in [0, 0.05) is 0 Å². The Hall–Kier alpha value is -4.05. The van der Waals surface area contributed by atoms with E-state index in [0.717, 1.165) is 12.2 Å². The number of ether oxygens (including phenoxy) is 3. The van der Waals surface area contributed by atoms with Gasteiger partial charge in [0.2, 0.25) is 11.5 Å². The zero-order valence-electron chi connectivity index (χ0n) is 19.8. The number of hydrogen-bond donors (Lipinski definition) is 0. The molecule has 0 fully saturated rings. The molecule has 0 aliphatic carbocycles. The van der Waals surface area contributed by atoms with Gasteiger partial charge in [-0.3, -0.25) is 0 Å². The molecule has 0 saturated heterocycles. The highest BCUT2D eigenvalue weighted by atomic mass is 16.5. The van der Waals surface area contributed by atoms with E-state index in [9.17, 15) is 9.59 Å². The lowest BCUT2D eigenvalue weighted by atomic mass is 10.1. The van der Waals surface area contributed by atoms with Gasteiger partial charge >= 0.3 is 11.9 Å². The lowest BCUT2D eigenvalue weighted by Crippen LogP contribution is -2.10. The van der Waals surface area contributed by atoms with Gasteiger partial charge < -0.3 is 18.6 Å². The SMILES string of the molecule is CCCCCCCCCOc1ccc(OC(=O)c2ccc(OC(=O)c3ccc(C#N)o3)cc2)cc1. The minimum absolute atomic E-state index is 0.0165. The van der Waals surface area contributed by atoms with E-state index >= 15 is 0 Å². The molecule has 1 heterocycles. The third kappa shape index (κ3) is 8.35. The fourth-order valence-electron chi connectivity index (χ4n) is 3.34. The van der Waals surface area contributed by atoms with Crippen LogP contribution in [0.2, 0.25) is 0 Å². The monoisotopic (exact) mass is 475 g/mol. The van der Waals surface area contributed by atoms with E-state index in [-0.39, 0.29) is 17.3 Å². The van der Waals surface area contributed by atoms with Crippen LogP contribution in [-0.2, 0) is 0 Å². The first-order valence-electron chi connectivity index (χ1n) is 11.9. The summed E-state index contributed by atoms with van der Waals surface area (Å²) in [7, 11) is 0. The molecule has 0 bridgehead atoms. The van der Waals surface area contributed by atoms with Gasteiger partial charge in [0.15, 0.2) is 0 Å². The van der Waals surface area contributed by atoms with Crippen molar-refractivity contribution in [2.45, 2.75) is 51.9 Å². The molecule has 0 unspecified atom stereocenters. The number of carbonyl (C=O) groups excluding carboxylic acids is 2. The highest BCUT2D eigenvalue weighted by Gasteiger charge is 2.15. The van der Waals surface area contributed by atoms with Crippen LogP contribution >= 0.6 is 0 Å². The molecule has 7 heteroatoms. The zero-order chi connectivity index (χ0) is 24.9. The summed E-state index contributed by atoms with van der Waals surface area (Å²) >= 11 is 0.